The molecule has 3 aromatic carbocycles. The third kappa shape index (κ3) is 2.45. The normalized spacial score (nSPS) is 10.4. The van der Waals surface area contributed by atoms with E-state index in [0.717, 1.165) is 27.3 Å². The first kappa shape index (κ1) is 12.9. The third-order valence-electron chi connectivity index (χ3n) is 3.07. The second-order valence-electron chi connectivity index (χ2n) is 4.38. The van der Waals surface area contributed by atoms with Gasteiger partial charge in [-0.2, -0.15) is 0 Å². The van der Waals surface area contributed by atoms with Gasteiger partial charge in [0.2, 0.25) is 0 Å². The number of carbonyl (C=O) groups excluding carboxylic acids is 1. The summed E-state index contributed by atoms with van der Waals surface area (Å²) in [5, 5.41) is 2.12. The molecule has 0 radical (unpaired) electrons. The molecule has 3 heteroatoms. The summed E-state index contributed by atoms with van der Waals surface area (Å²) in [5.41, 5.74) is 0.529. The molecule has 0 aliphatic carbocycles. The van der Waals surface area contributed by atoms with Crippen LogP contribution in [0.3, 0.4) is 0 Å². The van der Waals surface area contributed by atoms with E-state index in [0.29, 0.717) is 11.3 Å². The van der Waals surface area contributed by atoms with E-state index in [9.17, 15) is 4.79 Å². The molecule has 0 bridgehead atoms. The molecule has 0 aromatic heterocycles. The first-order valence-corrected chi connectivity index (χ1v) is 6.97. The van der Waals surface area contributed by atoms with Crippen LogP contribution in [-0.2, 0) is 0 Å². The Kier molecular flexibility index (Phi) is 3.52. The smallest absolute Gasteiger partial charge is 0.153 e. The van der Waals surface area contributed by atoms with Crippen LogP contribution in [0.15, 0.2) is 65.1 Å². The Bertz CT molecular complexity index is 776. The number of ether oxygens (including phenoxy) is 1. The van der Waals surface area contributed by atoms with E-state index < -0.39 is 0 Å². The lowest BCUT2D eigenvalue weighted by molar-refractivity contribution is 0.112. The number of rotatable bonds is 3. The summed E-state index contributed by atoms with van der Waals surface area (Å²) in [6.45, 7) is 0. The molecule has 0 fully saturated rings. The van der Waals surface area contributed by atoms with Crippen molar-refractivity contribution < 1.29 is 9.53 Å². The van der Waals surface area contributed by atoms with Gasteiger partial charge in [0, 0.05) is 9.86 Å². The molecule has 0 unspecified atom stereocenters. The highest BCUT2D eigenvalue weighted by molar-refractivity contribution is 9.10. The second kappa shape index (κ2) is 5.47. The van der Waals surface area contributed by atoms with Gasteiger partial charge in [-0.25, -0.2) is 0 Å². The number of hydrogen-bond acceptors (Lipinski definition) is 2. The maximum Gasteiger partial charge on any atom is 0.153 e. The van der Waals surface area contributed by atoms with Crippen molar-refractivity contribution in [1.29, 1.82) is 0 Å². The summed E-state index contributed by atoms with van der Waals surface area (Å²) in [7, 11) is 0. The van der Waals surface area contributed by atoms with Crippen LogP contribution >= 0.6 is 15.9 Å². The third-order valence-corrected chi connectivity index (χ3v) is 3.57. The quantitative estimate of drug-likeness (QED) is 0.618. The molecule has 3 aromatic rings. The predicted octanol–water partition coefficient (Wildman–Crippen LogP) is 5.21. The van der Waals surface area contributed by atoms with Crippen molar-refractivity contribution in [1.82, 2.24) is 0 Å². The SMILES string of the molecule is O=Cc1ccc(Br)cc1Oc1cccc2ccccc12. The number of fused-ring (bicyclic) bond motifs is 1. The average molecular weight is 327 g/mol. The van der Waals surface area contributed by atoms with Crippen LogP contribution < -0.4 is 4.74 Å². The Labute approximate surface area is 125 Å². The zero-order valence-corrected chi connectivity index (χ0v) is 12.1. The zero-order valence-electron chi connectivity index (χ0n) is 10.5. The number of carbonyl (C=O) groups is 1. The fourth-order valence-electron chi connectivity index (χ4n) is 2.10. The zero-order chi connectivity index (χ0) is 13.9. The van der Waals surface area contributed by atoms with Crippen LogP contribution in [0.25, 0.3) is 10.8 Å². The minimum absolute atomic E-state index is 0.529. The number of benzene rings is 3. The van der Waals surface area contributed by atoms with Crippen molar-refractivity contribution in [3.8, 4) is 11.5 Å². The number of halogens is 1. The molecule has 20 heavy (non-hydrogen) atoms. The van der Waals surface area contributed by atoms with Crippen molar-refractivity contribution in [2.75, 3.05) is 0 Å². The minimum Gasteiger partial charge on any atom is -0.456 e. The minimum atomic E-state index is 0.529. The van der Waals surface area contributed by atoms with Gasteiger partial charge in [0.05, 0.1) is 5.56 Å². The molecular weight excluding hydrogens is 316 g/mol. The van der Waals surface area contributed by atoms with Gasteiger partial charge >= 0.3 is 0 Å². The molecular formula is C17H11BrO2. The highest BCUT2D eigenvalue weighted by Crippen LogP contribution is 2.32. The van der Waals surface area contributed by atoms with E-state index in [-0.39, 0.29) is 0 Å². The van der Waals surface area contributed by atoms with Crippen molar-refractivity contribution in [3.63, 3.8) is 0 Å². The van der Waals surface area contributed by atoms with Gasteiger partial charge in [-0.05, 0) is 29.7 Å². The summed E-state index contributed by atoms with van der Waals surface area (Å²) in [5.74, 6) is 1.29. The Morgan fingerprint density at radius 3 is 2.55 bits per heavy atom. The molecule has 0 aliphatic heterocycles. The lowest BCUT2D eigenvalue weighted by Gasteiger charge is -2.11. The van der Waals surface area contributed by atoms with E-state index in [2.05, 4.69) is 15.9 Å². The Hall–Kier alpha value is -2.13. The molecule has 98 valence electrons. The maximum absolute atomic E-state index is 11.1. The van der Waals surface area contributed by atoms with Gasteiger partial charge in [-0.1, -0.05) is 52.3 Å². The summed E-state index contributed by atoms with van der Waals surface area (Å²) in [4.78, 5) is 11.1. The summed E-state index contributed by atoms with van der Waals surface area (Å²) in [6.07, 6.45) is 0.799. The Balaban J connectivity index is 2.10. The van der Waals surface area contributed by atoms with Crippen LogP contribution in [0.4, 0.5) is 0 Å². The predicted molar refractivity (Wildman–Crippen MR) is 83.6 cm³/mol. The van der Waals surface area contributed by atoms with Crippen molar-refractivity contribution >= 4 is 33.0 Å². The monoisotopic (exact) mass is 326 g/mol. The molecule has 2 nitrogen and oxygen atoms in total. The average Bonchev–Trinajstić information content (AvgIpc) is 2.48. The molecule has 0 saturated heterocycles. The van der Waals surface area contributed by atoms with Crippen molar-refractivity contribution in [3.05, 3.63) is 70.7 Å². The second-order valence-corrected chi connectivity index (χ2v) is 5.30. The van der Waals surface area contributed by atoms with E-state index in [1.54, 1.807) is 12.1 Å². The number of hydrogen-bond donors (Lipinski definition) is 0. The number of aldehydes is 1. The summed E-state index contributed by atoms with van der Waals surface area (Å²) < 4.78 is 6.81. The maximum atomic E-state index is 11.1. The highest BCUT2D eigenvalue weighted by atomic mass is 79.9. The standard InChI is InChI=1S/C17H11BrO2/c18-14-9-8-13(11-19)17(10-14)20-16-7-3-5-12-4-1-2-6-15(12)16/h1-11H. The molecule has 0 atom stereocenters. The van der Waals surface area contributed by atoms with Crippen LogP contribution in [0.2, 0.25) is 0 Å². The van der Waals surface area contributed by atoms with Crippen molar-refractivity contribution in [2.24, 2.45) is 0 Å². The Morgan fingerprint density at radius 1 is 0.900 bits per heavy atom. The topological polar surface area (TPSA) is 26.3 Å². The molecule has 0 aliphatic rings. The molecule has 0 spiro atoms. The van der Waals surface area contributed by atoms with Gasteiger partial charge in [-0.15, -0.1) is 0 Å². The fraction of sp³-hybridized carbons (Fsp3) is 0. The first-order chi connectivity index (χ1) is 9.78. The molecule has 0 N–H and O–H groups in total. The highest BCUT2D eigenvalue weighted by Gasteiger charge is 2.07. The molecule has 0 heterocycles. The van der Waals surface area contributed by atoms with Crippen LogP contribution in [0.5, 0.6) is 11.5 Å². The first-order valence-electron chi connectivity index (χ1n) is 6.18. The summed E-state index contributed by atoms with van der Waals surface area (Å²) in [6, 6.07) is 19.2. The van der Waals surface area contributed by atoms with Gasteiger partial charge in [-0.3, -0.25) is 4.79 Å². The van der Waals surface area contributed by atoms with E-state index >= 15 is 0 Å². The van der Waals surface area contributed by atoms with E-state index in [1.165, 1.54) is 0 Å². The fourth-order valence-corrected chi connectivity index (χ4v) is 2.44. The lowest BCUT2D eigenvalue weighted by Crippen LogP contribution is -1.91. The van der Waals surface area contributed by atoms with Crippen LogP contribution in [0, 0.1) is 0 Å². The molecule has 3 rings (SSSR count). The van der Waals surface area contributed by atoms with Gasteiger partial charge in [0.25, 0.3) is 0 Å². The van der Waals surface area contributed by atoms with Gasteiger partial charge in [0.15, 0.2) is 6.29 Å². The van der Waals surface area contributed by atoms with Gasteiger partial charge < -0.3 is 4.74 Å². The molecule has 0 saturated carbocycles. The van der Waals surface area contributed by atoms with Gasteiger partial charge in [0.1, 0.15) is 11.5 Å². The largest absolute Gasteiger partial charge is 0.456 e. The Morgan fingerprint density at radius 2 is 1.70 bits per heavy atom. The lowest BCUT2D eigenvalue weighted by atomic mass is 10.1. The molecule has 0 amide bonds. The van der Waals surface area contributed by atoms with E-state index in [1.807, 2.05) is 48.5 Å². The summed E-state index contributed by atoms with van der Waals surface area (Å²) >= 11 is 3.39. The van der Waals surface area contributed by atoms with Crippen molar-refractivity contribution in [2.45, 2.75) is 0 Å². The van der Waals surface area contributed by atoms with Crippen LogP contribution in [-0.4, -0.2) is 6.29 Å². The van der Waals surface area contributed by atoms with Crippen LogP contribution in [0.1, 0.15) is 10.4 Å². The van der Waals surface area contributed by atoms with E-state index in [4.69, 9.17) is 4.74 Å².